The molecule has 3 heterocycles. The number of anilines is 2. The number of carbonyl (C=O) groups excluding carboxylic acids is 3. The van der Waals surface area contributed by atoms with E-state index < -0.39 is 35.8 Å². The molecule has 200 valence electrons. The van der Waals surface area contributed by atoms with E-state index >= 15 is 0 Å². The van der Waals surface area contributed by atoms with Crippen molar-refractivity contribution in [2.24, 2.45) is 13.0 Å². The highest BCUT2D eigenvalue weighted by Gasteiger charge is 2.55. The molecule has 1 unspecified atom stereocenters. The molecule has 4 rings (SSSR count). The van der Waals surface area contributed by atoms with E-state index in [0.29, 0.717) is 29.2 Å². The van der Waals surface area contributed by atoms with Gasteiger partial charge in [0, 0.05) is 26.4 Å². The maximum absolute atomic E-state index is 14.2. The minimum absolute atomic E-state index is 0.221. The molecule has 1 aliphatic rings. The number of hydrogen-bond donors (Lipinski definition) is 2. The average Bonchev–Trinajstić information content (AvgIpc) is 3.31. The summed E-state index contributed by atoms with van der Waals surface area (Å²) in [5.41, 5.74) is 8.20. The van der Waals surface area contributed by atoms with Crippen LogP contribution in [0.25, 0.3) is 0 Å². The number of hydrogen-bond acceptors (Lipinski definition) is 6. The predicted molar refractivity (Wildman–Crippen MR) is 141 cm³/mol. The van der Waals surface area contributed by atoms with Crippen LogP contribution in [0, 0.1) is 25.6 Å². The summed E-state index contributed by atoms with van der Waals surface area (Å²) in [6.07, 6.45) is 3.82. The maximum Gasteiger partial charge on any atom is 0.325 e. The molecule has 11 heteroatoms. The topological polar surface area (TPSA) is 126 Å². The van der Waals surface area contributed by atoms with Crippen molar-refractivity contribution in [1.29, 1.82) is 0 Å². The van der Waals surface area contributed by atoms with Crippen molar-refractivity contribution in [2.75, 3.05) is 17.7 Å². The van der Waals surface area contributed by atoms with Gasteiger partial charge in [-0.15, -0.1) is 0 Å². The first-order chi connectivity index (χ1) is 18.0. The number of carbonyl (C=O) groups is 3. The van der Waals surface area contributed by atoms with Gasteiger partial charge < -0.3 is 11.1 Å². The molecule has 1 aromatic carbocycles. The zero-order chi connectivity index (χ0) is 27.7. The first-order valence-electron chi connectivity index (χ1n) is 12.4. The second kappa shape index (κ2) is 10.6. The highest BCUT2D eigenvalue weighted by atomic mass is 19.1. The van der Waals surface area contributed by atoms with E-state index in [1.807, 2.05) is 6.92 Å². The molecule has 1 aliphatic heterocycles. The predicted octanol–water partition coefficient (Wildman–Crippen LogP) is 3.05. The number of halogens is 1. The average molecular weight is 522 g/mol. The molecule has 0 saturated carbocycles. The minimum Gasteiger partial charge on any atom is -0.384 e. The Hall–Kier alpha value is -4.28. The third-order valence-electron chi connectivity index (χ3n) is 7.02. The van der Waals surface area contributed by atoms with Gasteiger partial charge in [0.2, 0.25) is 5.91 Å². The molecular formula is C27H32FN7O3. The fourth-order valence-electron chi connectivity index (χ4n) is 4.96. The Morgan fingerprint density at radius 2 is 1.87 bits per heavy atom. The first kappa shape index (κ1) is 26.8. The second-order valence-corrected chi connectivity index (χ2v) is 9.64. The number of nitrogens with zero attached hydrogens (tertiary/aromatic N) is 5. The SMILES string of the molecule is CCC(NC(=O)N1C(=O)[C@H](Cc2ccnc(N)c2)[C@H]1C(=O)N(C)c1ccnn1C)c1cc(C)c(F)c(C)c1. The number of urea groups is 1. The number of aromatic nitrogens is 3. The molecule has 2 aromatic heterocycles. The van der Waals surface area contributed by atoms with Crippen LogP contribution in [0.3, 0.4) is 0 Å². The number of nitrogens with one attached hydrogen (secondary N) is 1. The molecule has 0 radical (unpaired) electrons. The van der Waals surface area contributed by atoms with Gasteiger partial charge in [-0.1, -0.05) is 19.1 Å². The Labute approximate surface area is 220 Å². The number of rotatable bonds is 7. The normalized spacial score (nSPS) is 17.6. The minimum atomic E-state index is -1.04. The summed E-state index contributed by atoms with van der Waals surface area (Å²) in [6, 6.07) is 6.23. The third-order valence-corrected chi connectivity index (χ3v) is 7.02. The van der Waals surface area contributed by atoms with Gasteiger partial charge in [0.1, 0.15) is 23.5 Å². The molecule has 3 N–H and O–H groups in total. The number of nitrogens with two attached hydrogens (primary N) is 1. The molecule has 3 atom stereocenters. The molecule has 3 aromatic rings. The lowest BCUT2D eigenvalue weighted by atomic mass is 9.81. The van der Waals surface area contributed by atoms with Crippen molar-refractivity contribution >= 4 is 29.5 Å². The Morgan fingerprint density at radius 1 is 1.18 bits per heavy atom. The van der Waals surface area contributed by atoms with Gasteiger partial charge >= 0.3 is 6.03 Å². The van der Waals surface area contributed by atoms with Gasteiger partial charge in [0.15, 0.2) is 0 Å². The standard InChI is InChI=1S/C27H32FN7O3/c1-6-20(18-11-15(2)23(28)16(3)12-18)32-27(38)35-24(26(37)33(4)22-8-10-31-34(22)5)19(25(35)36)13-17-7-9-30-21(29)14-17/h7-12,14,19-20,24H,6,13H2,1-5H3,(H2,29,30)(H,32,38)/t19-,20?,24+/m1/s1. The van der Waals surface area contributed by atoms with Gasteiger partial charge in [-0.2, -0.15) is 5.10 Å². The fraction of sp³-hybridized carbons (Fsp3) is 0.370. The number of likely N-dealkylation sites (tertiary alicyclic amines) is 1. The number of likely N-dealkylation sites (N-methyl/N-ethyl adjacent to an activating group) is 1. The number of pyridine rings is 1. The zero-order valence-corrected chi connectivity index (χ0v) is 22.1. The third kappa shape index (κ3) is 4.96. The molecule has 0 aliphatic carbocycles. The van der Waals surface area contributed by atoms with Crippen LogP contribution in [0.5, 0.6) is 0 Å². The number of benzene rings is 1. The van der Waals surface area contributed by atoms with Crippen molar-refractivity contribution in [3.05, 3.63) is 70.8 Å². The van der Waals surface area contributed by atoms with Crippen LogP contribution >= 0.6 is 0 Å². The highest BCUT2D eigenvalue weighted by Crippen LogP contribution is 2.33. The lowest BCUT2D eigenvalue weighted by Gasteiger charge is -2.46. The lowest BCUT2D eigenvalue weighted by molar-refractivity contribution is -0.156. The quantitative estimate of drug-likeness (QED) is 0.460. The van der Waals surface area contributed by atoms with Gasteiger partial charge in [0.25, 0.3) is 5.91 Å². The van der Waals surface area contributed by atoms with Crippen molar-refractivity contribution in [3.8, 4) is 0 Å². The van der Waals surface area contributed by atoms with Crippen LogP contribution in [0.2, 0.25) is 0 Å². The monoisotopic (exact) mass is 521 g/mol. The highest BCUT2D eigenvalue weighted by molar-refractivity contribution is 6.12. The number of nitrogen functional groups attached to an aromatic ring is 1. The van der Waals surface area contributed by atoms with Crippen molar-refractivity contribution in [2.45, 2.75) is 45.7 Å². The van der Waals surface area contributed by atoms with Crippen molar-refractivity contribution in [1.82, 2.24) is 25.0 Å². The molecule has 38 heavy (non-hydrogen) atoms. The maximum atomic E-state index is 14.2. The van der Waals surface area contributed by atoms with Gasteiger partial charge in [-0.3, -0.25) is 24.1 Å². The van der Waals surface area contributed by atoms with E-state index in [0.717, 1.165) is 16.0 Å². The van der Waals surface area contributed by atoms with E-state index in [4.69, 9.17) is 5.73 Å². The Morgan fingerprint density at radius 3 is 2.45 bits per heavy atom. The summed E-state index contributed by atoms with van der Waals surface area (Å²) in [7, 11) is 3.28. The molecule has 4 amide bonds. The Kier molecular flexibility index (Phi) is 7.47. The van der Waals surface area contributed by atoms with E-state index in [1.54, 1.807) is 64.5 Å². The number of aryl methyl sites for hydroxylation is 3. The smallest absolute Gasteiger partial charge is 0.325 e. The number of β-lactam (4-membered cyclic amide) rings is 1. The van der Waals surface area contributed by atoms with E-state index in [9.17, 15) is 18.8 Å². The largest absolute Gasteiger partial charge is 0.384 e. The van der Waals surface area contributed by atoms with Crippen LogP contribution in [0.4, 0.5) is 20.8 Å². The van der Waals surface area contributed by atoms with Crippen LogP contribution in [-0.2, 0) is 23.1 Å². The van der Waals surface area contributed by atoms with Crippen LogP contribution in [0.1, 0.15) is 41.6 Å². The summed E-state index contributed by atoms with van der Waals surface area (Å²) in [5.74, 6) is -1.12. The van der Waals surface area contributed by atoms with E-state index in [2.05, 4.69) is 15.4 Å². The molecular weight excluding hydrogens is 489 g/mol. The first-order valence-corrected chi connectivity index (χ1v) is 12.4. The summed E-state index contributed by atoms with van der Waals surface area (Å²) >= 11 is 0. The Bertz CT molecular complexity index is 1370. The number of amides is 4. The molecule has 10 nitrogen and oxygen atoms in total. The van der Waals surface area contributed by atoms with Gasteiger partial charge in [-0.05, 0) is 61.1 Å². The van der Waals surface area contributed by atoms with E-state index in [1.165, 1.54) is 15.8 Å². The second-order valence-electron chi connectivity index (χ2n) is 9.64. The molecule has 0 bridgehead atoms. The van der Waals surface area contributed by atoms with Gasteiger partial charge in [0.05, 0.1) is 18.2 Å². The van der Waals surface area contributed by atoms with Crippen molar-refractivity contribution < 1.29 is 18.8 Å². The zero-order valence-electron chi connectivity index (χ0n) is 22.1. The molecule has 0 spiro atoms. The summed E-state index contributed by atoms with van der Waals surface area (Å²) in [5, 5.41) is 6.99. The van der Waals surface area contributed by atoms with Crippen molar-refractivity contribution in [3.63, 3.8) is 0 Å². The summed E-state index contributed by atoms with van der Waals surface area (Å²) in [4.78, 5) is 46.8. The van der Waals surface area contributed by atoms with E-state index in [-0.39, 0.29) is 12.2 Å². The molecule has 1 fully saturated rings. The van der Waals surface area contributed by atoms with Crippen LogP contribution in [0.15, 0.2) is 42.7 Å². The van der Waals surface area contributed by atoms with Crippen LogP contribution < -0.4 is 16.0 Å². The summed E-state index contributed by atoms with van der Waals surface area (Å²) < 4.78 is 15.7. The lowest BCUT2D eigenvalue weighted by Crippen LogP contribution is -2.70. The van der Waals surface area contributed by atoms with Gasteiger partial charge in [-0.25, -0.2) is 14.2 Å². The molecule has 1 saturated heterocycles. The van der Waals surface area contributed by atoms with Crippen LogP contribution in [-0.4, -0.2) is 50.6 Å². The number of imide groups is 1. The summed E-state index contributed by atoms with van der Waals surface area (Å²) in [6.45, 7) is 5.21. The Balaban J connectivity index is 1.62. The fourth-order valence-corrected chi connectivity index (χ4v) is 4.96.